The molecular formula is C18H21N5S. The van der Waals surface area contributed by atoms with E-state index in [1.807, 2.05) is 4.68 Å². The second-order valence-corrected chi connectivity index (χ2v) is 7.25. The van der Waals surface area contributed by atoms with Crippen LogP contribution in [0.2, 0.25) is 0 Å². The van der Waals surface area contributed by atoms with E-state index in [0.717, 1.165) is 24.6 Å². The topological polar surface area (TPSA) is 46.8 Å². The minimum absolute atomic E-state index is 0.524. The molecule has 0 spiro atoms. The summed E-state index contributed by atoms with van der Waals surface area (Å²) < 4.78 is 1.93. The van der Waals surface area contributed by atoms with Crippen LogP contribution < -0.4 is 0 Å². The molecule has 0 N–H and O–H groups in total. The van der Waals surface area contributed by atoms with Crippen LogP contribution in [0, 0.1) is 6.92 Å². The highest BCUT2D eigenvalue weighted by atomic mass is 32.1. The summed E-state index contributed by atoms with van der Waals surface area (Å²) in [5.74, 6) is 0. The SMILES string of the molecule is Cc1ccc(-c2nc(CN3CCC[C@H]3Cn3cncn3)cs2)cc1. The molecule has 0 unspecified atom stereocenters. The Bertz CT molecular complexity index is 778. The Morgan fingerprint density at radius 3 is 2.92 bits per heavy atom. The van der Waals surface area contributed by atoms with Gasteiger partial charge in [0, 0.05) is 23.5 Å². The van der Waals surface area contributed by atoms with E-state index in [2.05, 4.69) is 51.6 Å². The fourth-order valence-corrected chi connectivity index (χ4v) is 4.09. The molecule has 0 saturated carbocycles. The summed E-state index contributed by atoms with van der Waals surface area (Å²) in [6, 6.07) is 9.12. The Morgan fingerprint density at radius 2 is 2.12 bits per heavy atom. The number of nitrogens with zero attached hydrogens (tertiary/aromatic N) is 5. The summed E-state index contributed by atoms with van der Waals surface area (Å²) in [5, 5.41) is 7.54. The van der Waals surface area contributed by atoms with Gasteiger partial charge in [0.15, 0.2) is 0 Å². The Labute approximate surface area is 146 Å². The highest BCUT2D eigenvalue weighted by Crippen LogP contribution is 2.26. The van der Waals surface area contributed by atoms with Crippen molar-refractivity contribution < 1.29 is 0 Å². The first-order valence-electron chi connectivity index (χ1n) is 8.36. The quantitative estimate of drug-likeness (QED) is 0.715. The summed E-state index contributed by atoms with van der Waals surface area (Å²) in [5.41, 5.74) is 3.65. The second-order valence-electron chi connectivity index (χ2n) is 6.39. The number of rotatable bonds is 5. The summed E-state index contributed by atoms with van der Waals surface area (Å²) in [4.78, 5) is 11.4. The number of benzene rings is 1. The molecule has 124 valence electrons. The monoisotopic (exact) mass is 339 g/mol. The minimum Gasteiger partial charge on any atom is -0.293 e. The fraction of sp³-hybridized carbons (Fsp3) is 0.389. The average Bonchev–Trinajstić information content (AvgIpc) is 3.32. The second kappa shape index (κ2) is 6.83. The number of aryl methyl sites for hydroxylation is 1. The van der Waals surface area contributed by atoms with Crippen molar-refractivity contribution in [3.63, 3.8) is 0 Å². The molecule has 3 heterocycles. The number of likely N-dealkylation sites (tertiary alicyclic amines) is 1. The minimum atomic E-state index is 0.524. The van der Waals surface area contributed by atoms with Crippen molar-refractivity contribution in [3.05, 3.63) is 53.6 Å². The summed E-state index contributed by atoms with van der Waals surface area (Å²) in [7, 11) is 0. The predicted octanol–water partition coefficient (Wildman–Crippen LogP) is 3.37. The lowest BCUT2D eigenvalue weighted by Gasteiger charge is -2.23. The molecule has 1 aliphatic heterocycles. The van der Waals surface area contributed by atoms with Gasteiger partial charge in [-0.1, -0.05) is 29.8 Å². The zero-order chi connectivity index (χ0) is 16.4. The van der Waals surface area contributed by atoms with Gasteiger partial charge in [-0.3, -0.25) is 9.58 Å². The normalized spacial score (nSPS) is 18.3. The molecule has 1 fully saturated rings. The summed E-state index contributed by atoms with van der Waals surface area (Å²) >= 11 is 1.73. The maximum Gasteiger partial charge on any atom is 0.137 e. The van der Waals surface area contributed by atoms with Gasteiger partial charge in [-0.2, -0.15) is 5.10 Å². The molecule has 3 aromatic rings. The van der Waals surface area contributed by atoms with Gasteiger partial charge in [0.05, 0.1) is 12.2 Å². The number of hydrogen-bond acceptors (Lipinski definition) is 5. The Hall–Kier alpha value is -2.05. The molecule has 6 heteroatoms. The van der Waals surface area contributed by atoms with Crippen molar-refractivity contribution in [2.45, 2.75) is 38.9 Å². The third kappa shape index (κ3) is 3.39. The zero-order valence-electron chi connectivity index (χ0n) is 13.8. The lowest BCUT2D eigenvalue weighted by atomic mass is 10.2. The van der Waals surface area contributed by atoms with Crippen LogP contribution in [0.4, 0.5) is 0 Å². The van der Waals surface area contributed by atoms with Crippen molar-refractivity contribution in [2.24, 2.45) is 0 Å². The van der Waals surface area contributed by atoms with E-state index in [1.165, 1.54) is 29.7 Å². The maximum absolute atomic E-state index is 4.85. The van der Waals surface area contributed by atoms with E-state index < -0.39 is 0 Å². The highest BCUT2D eigenvalue weighted by molar-refractivity contribution is 7.13. The molecule has 0 aliphatic carbocycles. The van der Waals surface area contributed by atoms with E-state index >= 15 is 0 Å². The van der Waals surface area contributed by atoms with Gasteiger partial charge in [0.2, 0.25) is 0 Å². The molecule has 4 rings (SSSR count). The Morgan fingerprint density at radius 1 is 1.25 bits per heavy atom. The smallest absolute Gasteiger partial charge is 0.137 e. The average molecular weight is 339 g/mol. The van der Waals surface area contributed by atoms with Gasteiger partial charge in [0.25, 0.3) is 0 Å². The van der Waals surface area contributed by atoms with E-state index in [0.29, 0.717) is 6.04 Å². The maximum atomic E-state index is 4.85. The van der Waals surface area contributed by atoms with E-state index in [1.54, 1.807) is 24.0 Å². The molecular weight excluding hydrogens is 318 g/mol. The first-order chi connectivity index (χ1) is 11.8. The molecule has 1 saturated heterocycles. The molecule has 1 aromatic carbocycles. The fourth-order valence-electron chi connectivity index (χ4n) is 3.27. The molecule has 1 aliphatic rings. The standard InChI is InChI=1S/C18H21N5S/c1-14-4-6-15(7-5-14)18-21-16(11-24-18)9-22-8-2-3-17(22)10-23-13-19-12-20-23/h4-7,11-13,17H,2-3,8-10H2,1H3/t17-/m0/s1. The molecule has 1 atom stereocenters. The lowest BCUT2D eigenvalue weighted by Crippen LogP contribution is -2.32. The van der Waals surface area contributed by atoms with Crippen molar-refractivity contribution in [2.75, 3.05) is 6.54 Å². The van der Waals surface area contributed by atoms with E-state index in [9.17, 15) is 0 Å². The molecule has 0 amide bonds. The largest absolute Gasteiger partial charge is 0.293 e. The highest BCUT2D eigenvalue weighted by Gasteiger charge is 2.25. The molecule has 5 nitrogen and oxygen atoms in total. The Balaban J connectivity index is 1.44. The zero-order valence-corrected chi connectivity index (χ0v) is 14.6. The summed E-state index contributed by atoms with van der Waals surface area (Å²) in [6.45, 7) is 5.08. The number of thiazole rings is 1. The van der Waals surface area contributed by atoms with Crippen LogP contribution in [-0.4, -0.2) is 37.2 Å². The Kier molecular flexibility index (Phi) is 4.40. The number of aromatic nitrogens is 4. The van der Waals surface area contributed by atoms with Gasteiger partial charge in [-0.25, -0.2) is 9.97 Å². The predicted molar refractivity (Wildman–Crippen MR) is 95.7 cm³/mol. The van der Waals surface area contributed by atoms with E-state index in [-0.39, 0.29) is 0 Å². The van der Waals surface area contributed by atoms with Crippen LogP contribution in [0.25, 0.3) is 10.6 Å². The van der Waals surface area contributed by atoms with Crippen LogP contribution in [0.3, 0.4) is 0 Å². The molecule has 24 heavy (non-hydrogen) atoms. The van der Waals surface area contributed by atoms with E-state index in [4.69, 9.17) is 4.98 Å². The first-order valence-corrected chi connectivity index (χ1v) is 9.24. The van der Waals surface area contributed by atoms with Gasteiger partial charge >= 0.3 is 0 Å². The van der Waals surface area contributed by atoms with Crippen LogP contribution in [-0.2, 0) is 13.1 Å². The van der Waals surface area contributed by atoms with Crippen LogP contribution in [0.15, 0.2) is 42.3 Å². The molecule has 0 radical (unpaired) electrons. The van der Waals surface area contributed by atoms with Crippen LogP contribution in [0.1, 0.15) is 24.1 Å². The van der Waals surface area contributed by atoms with Crippen molar-refractivity contribution in [3.8, 4) is 10.6 Å². The molecule has 0 bridgehead atoms. The van der Waals surface area contributed by atoms with Gasteiger partial charge in [-0.05, 0) is 26.3 Å². The summed E-state index contributed by atoms with van der Waals surface area (Å²) in [6.07, 6.45) is 5.87. The first kappa shape index (κ1) is 15.5. The van der Waals surface area contributed by atoms with Crippen molar-refractivity contribution >= 4 is 11.3 Å². The third-order valence-corrected chi connectivity index (χ3v) is 5.52. The number of hydrogen-bond donors (Lipinski definition) is 0. The lowest BCUT2D eigenvalue weighted by molar-refractivity contribution is 0.217. The van der Waals surface area contributed by atoms with Crippen LogP contribution >= 0.6 is 11.3 Å². The van der Waals surface area contributed by atoms with Gasteiger partial charge < -0.3 is 0 Å². The van der Waals surface area contributed by atoms with Crippen LogP contribution in [0.5, 0.6) is 0 Å². The third-order valence-electron chi connectivity index (χ3n) is 4.58. The van der Waals surface area contributed by atoms with Gasteiger partial charge in [-0.15, -0.1) is 11.3 Å². The van der Waals surface area contributed by atoms with Gasteiger partial charge in [0.1, 0.15) is 17.7 Å². The molecule has 2 aromatic heterocycles. The van der Waals surface area contributed by atoms with Crippen molar-refractivity contribution in [1.82, 2.24) is 24.6 Å². The van der Waals surface area contributed by atoms with Crippen molar-refractivity contribution in [1.29, 1.82) is 0 Å².